The van der Waals surface area contributed by atoms with Crippen LogP contribution in [0.5, 0.6) is 5.75 Å². The summed E-state index contributed by atoms with van der Waals surface area (Å²) in [5.74, 6) is 1.24. The minimum atomic E-state index is -0.0871. The van der Waals surface area contributed by atoms with Crippen LogP contribution in [0.3, 0.4) is 0 Å². The van der Waals surface area contributed by atoms with Crippen molar-refractivity contribution in [2.45, 2.75) is 32.7 Å². The first-order chi connectivity index (χ1) is 13.0. The van der Waals surface area contributed by atoms with E-state index in [9.17, 15) is 9.59 Å². The van der Waals surface area contributed by atoms with Gasteiger partial charge in [-0.3, -0.25) is 9.59 Å². The minimum Gasteiger partial charge on any atom is -0.493 e. The van der Waals surface area contributed by atoms with Crippen molar-refractivity contribution in [2.75, 3.05) is 19.7 Å². The molecule has 2 amide bonds. The van der Waals surface area contributed by atoms with Gasteiger partial charge in [-0.05, 0) is 63.1 Å². The predicted octanol–water partition coefficient (Wildman–Crippen LogP) is 3.35. The van der Waals surface area contributed by atoms with Crippen LogP contribution in [-0.4, -0.2) is 42.5 Å². The Bertz CT molecular complexity index is 753. The first-order valence-electron chi connectivity index (χ1n) is 9.39. The van der Waals surface area contributed by atoms with E-state index in [4.69, 9.17) is 9.15 Å². The van der Waals surface area contributed by atoms with E-state index >= 15 is 0 Å². The summed E-state index contributed by atoms with van der Waals surface area (Å²) in [6.45, 7) is 5.81. The van der Waals surface area contributed by atoms with Crippen molar-refractivity contribution in [3.8, 4) is 5.75 Å². The smallest absolute Gasteiger partial charge is 0.289 e. The molecule has 1 aliphatic heterocycles. The normalized spacial score (nSPS) is 17.0. The van der Waals surface area contributed by atoms with E-state index in [0.717, 1.165) is 25.1 Å². The Morgan fingerprint density at radius 2 is 2.04 bits per heavy atom. The number of piperidine rings is 1. The number of nitrogens with one attached hydrogen (secondary N) is 1. The summed E-state index contributed by atoms with van der Waals surface area (Å²) in [4.78, 5) is 26.2. The molecule has 1 atom stereocenters. The monoisotopic (exact) mass is 370 g/mol. The van der Waals surface area contributed by atoms with Crippen LogP contribution in [0.15, 0.2) is 47.1 Å². The predicted molar refractivity (Wildman–Crippen MR) is 102 cm³/mol. The van der Waals surface area contributed by atoms with Gasteiger partial charge >= 0.3 is 0 Å². The highest BCUT2D eigenvalue weighted by Crippen LogP contribution is 2.21. The molecule has 2 aromatic rings. The topological polar surface area (TPSA) is 71.8 Å². The molecule has 6 heteroatoms. The summed E-state index contributed by atoms with van der Waals surface area (Å²) in [6.07, 6.45) is 3.49. The summed E-state index contributed by atoms with van der Waals surface area (Å²) in [6, 6.07) is 10.7. The zero-order valence-electron chi connectivity index (χ0n) is 15.8. The molecule has 1 N–H and O–H groups in total. The summed E-state index contributed by atoms with van der Waals surface area (Å²) >= 11 is 0. The number of nitrogens with zero attached hydrogens (tertiary/aromatic N) is 1. The molecule has 0 radical (unpaired) electrons. The van der Waals surface area contributed by atoms with Gasteiger partial charge in [-0.15, -0.1) is 0 Å². The van der Waals surface area contributed by atoms with E-state index in [0.29, 0.717) is 24.5 Å². The van der Waals surface area contributed by atoms with Gasteiger partial charge in [0.2, 0.25) is 0 Å². The third-order valence-electron chi connectivity index (χ3n) is 4.56. The van der Waals surface area contributed by atoms with E-state index in [1.807, 2.05) is 30.9 Å². The van der Waals surface area contributed by atoms with Crippen LogP contribution in [0, 0.1) is 5.92 Å². The van der Waals surface area contributed by atoms with Gasteiger partial charge in [-0.2, -0.15) is 0 Å². The second-order valence-electron chi connectivity index (χ2n) is 7.20. The van der Waals surface area contributed by atoms with Crippen molar-refractivity contribution in [1.82, 2.24) is 10.2 Å². The molecule has 0 saturated carbocycles. The molecule has 6 nitrogen and oxygen atoms in total. The molecule has 144 valence electrons. The Morgan fingerprint density at radius 1 is 1.26 bits per heavy atom. The van der Waals surface area contributed by atoms with Crippen LogP contribution in [0.2, 0.25) is 0 Å². The first kappa shape index (κ1) is 19.0. The van der Waals surface area contributed by atoms with Crippen molar-refractivity contribution in [3.63, 3.8) is 0 Å². The second kappa shape index (κ2) is 8.75. The molecule has 1 unspecified atom stereocenters. The lowest BCUT2D eigenvalue weighted by Gasteiger charge is -2.32. The molecule has 0 bridgehead atoms. The molecule has 1 aromatic carbocycles. The fourth-order valence-corrected chi connectivity index (χ4v) is 3.20. The van der Waals surface area contributed by atoms with Gasteiger partial charge < -0.3 is 19.4 Å². The second-order valence-corrected chi connectivity index (χ2v) is 7.20. The van der Waals surface area contributed by atoms with Crippen LogP contribution in [-0.2, 0) is 0 Å². The standard InChI is InChI=1S/C21H26N2O4/c1-15(2)22-20(24)17-7-9-18(10-8-17)27-14-16-5-3-11-23(13-16)21(25)19-6-4-12-26-19/h4,6-10,12,15-16H,3,5,11,13-14H2,1-2H3,(H,22,24). The van der Waals surface area contributed by atoms with E-state index in [-0.39, 0.29) is 23.8 Å². The molecule has 0 spiro atoms. The number of amides is 2. The van der Waals surface area contributed by atoms with Crippen molar-refractivity contribution in [3.05, 3.63) is 54.0 Å². The van der Waals surface area contributed by atoms with Crippen molar-refractivity contribution >= 4 is 11.8 Å². The van der Waals surface area contributed by atoms with Crippen molar-refractivity contribution in [2.24, 2.45) is 5.92 Å². The van der Waals surface area contributed by atoms with E-state index < -0.39 is 0 Å². The quantitative estimate of drug-likeness (QED) is 0.846. The highest BCUT2D eigenvalue weighted by Gasteiger charge is 2.26. The van der Waals surface area contributed by atoms with E-state index in [1.165, 1.54) is 6.26 Å². The van der Waals surface area contributed by atoms with Gasteiger partial charge in [0.1, 0.15) is 5.75 Å². The number of likely N-dealkylation sites (tertiary alicyclic amines) is 1. The zero-order valence-corrected chi connectivity index (χ0v) is 15.8. The maximum atomic E-state index is 12.4. The van der Waals surface area contributed by atoms with Gasteiger partial charge in [-0.1, -0.05) is 0 Å². The fraction of sp³-hybridized carbons (Fsp3) is 0.429. The average molecular weight is 370 g/mol. The van der Waals surface area contributed by atoms with Gasteiger partial charge in [-0.25, -0.2) is 0 Å². The summed E-state index contributed by atoms with van der Waals surface area (Å²) in [5, 5.41) is 2.86. The number of benzene rings is 1. The molecule has 3 rings (SSSR count). The average Bonchev–Trinajstić information content (AvgIpc) is 3.20. The third-order valence-corrected chi connectivity index (χ3v) is 4.56. The Hall–Kier alpha value is -2.76. The van der Waals surface area contributed by atoms with Crippen molar-refractivity contribution in [1.29, 1.82) is 0 Å². The number of carbonyl (C=O) groups excluding carboxylic acids is 2. The van der Waals surface area contributed by atoms with E-state index in [1.54, 1.807) is 24.3 Å². The fourth-order valence-electron chi connectivity index (χ4n) is 3.20. The first-order valence-corrected chi connectivity index (χ1v) is 9.39. The van der Waals surface area contributed by atoms with Crippen LogP contribution in [0.25, 0.3) is 0 Å². The molecule has 1 aromatic heterocycles. The highest BCUT2D eigenvalue weighted by molar-refractivity contribution is 5.94. The number of ether oxygens (including phenoxy) is 1. The van der Waals surface area contributed by atoms with Gasteiger partial charge in [0.05, 0.1) is 12.9 Å². The molecule has 1 aliphatic rings. The zero-order chi connectivity index (χ0) is 19.2. The Labute approximate surface area is 159 Å². The molecule has 2 heterocycles. The Balaban J connectivity index is 1.51. The van der Waals surface area contributed by atoms with Gasteiger partial charge in [0, 0.05) is 30.6 Å². The number of carbonyl (C=O) groups is 2. The van der Waals surface area contributed by atoms with Crippen LogP contribution < -0.4 is 10.1 Å². The highest BCUT2D eigenvalue weighted by atomic mass is 16.5. The maximum absolute atomic E-state index is 12.4. The lowest BCUT2D eigenvalue weighted by atomic mass is 9.98. The number of hydrogen-bond acceptors (Lipinski definition) is 4. The summed E-state index contributed by atoms with van der Waals surface area (Å²) in [7, 11) is 0. The lowest BCUT2D eigenvalue weighted by Crippen LogP contribution is -2.41. The van der Waals surface area contributed by atoms with Crippen LogP contribution >= 0.6 is 0 Å². The molecular weight excluding hydrogens is 344 g/mol. The SMILES string of the molecule is CC(C)NC(=O)c1ccc(OCC2CCCN(C(=O)c3ccco3)C2)cc1. The minimum absolute atomic E-state index is 0.0646. The summed E-state index contributed by atoms with van der Waals surface area (Å²) < 4.78 is 11.1. The van der Waals surface area contributed by atoms with Crippen LogP contribution in [0.4, 0.5) is 0 Å². The Morgan fingerprint density at radius 3 is 2.70 bits per heavy atom. The largest absolute Gasteiger partial charge is 0.493 e. The summed E-state index contributed by atoms with van der Waals surface area (Å²) in [5.41, 5.74) is 0.615. The Kier molecular flexibility index (Phi) is 6.16. The molecule has 1 saturated heterocycles. The van der Waals surface area contributed by atoms with Crippen molar-refractivity contribution < 1.29 is 18.7 Å². The molecular formula is C21H26N2O4. The maximum Gasteiger partial charge on any atom is 0.289 e. The van der Waals surface area contributed by atoms with Gasteiger partial charge in [0.25, 0.3) is 11.8 Å². The van der Waals surface area contributed by atoms with Gasteiger partial charge in [0.15, 0.2) is 5.76 Å². The molecule has 27 heavy (non-hydrogen) atoms. The lowest BCUT2D eigenvalue weighted by molar-refractivity contribution is 0.0602. The third kappa shape index (κ3) is 5.12. The molecule has 0 aliphatic carbocycles. The van der Waals surface area contributed by atoms with E-state index in [2.05, 4.69) is 5.32 Å². The number of furan rings is 1. The van der Waals surface area contributed by atoms with Crippen LogP contribution in [0.1, 0.15) is 47.6 Å². The number of rotatable bonds is 6. The molecule has 1 fully saturated rings. The number of hydrogen-bond donors (Lipinski definition) is 1.